The molecule has 11 heteroatoms. The average Bonchev–Trinajstić information content (AvgIpc) is 2.89. The average molecular weight is 631 g/mol. The number of ether oxygens (including phenoxy) is 1. The van der Waals surface area contributed by atoms with E-state index >= 15 is 13.2 Å². The first-order valence-corrected chi connectivity index (χ1v) is 13.6. The summed E-state index contributed by atoms with van der Waals surface area (Å²) in [5.74, 6) is -7.39. The van der Waals surface area contributed by atoms with Crippen LogP contribution < -0.4 is 4.74 Å². The molecule has 0 atom stereocenters. The molecule has 0 aromatic heterocycles. The Labute approximate surface area is 246 Å². The molecule has 0 N–H and O–H groups in total. The summed E-state index contributed by atoms with van der Waals surface area (Å²) in [6.45, 7) is 2.11. The van der Waals surface area contributed by atoms with Crippen molar-refractivity contribution in [2.45, 2.75) is 51.3 Å². The van der Waals surface area contributed by atoms with Crippen LogP contribution in [0.4, 0.5) is 39.5 Å². The van der Waals surface area contributed by atoms with E-state index in [4.69, 9.17) is 11.6 Å². The number of hydrogen-bond donors (Lipinski definition) is 0. The van der Waals surface area contributed by atoms with E-state index in [1.54, 1.807) is 12.1 Å². The molecule has 0 saturated heterocycles. The Morgan fingerprint density at radius 2 is 1.26 bits per heavy atom. The Hall–Kier alpha value is -3.66. The van der Waals surface area contributed by atoms with Crippen molar-refractivity contribution in [1.29, 1.82) is 0 Å². The highest BCUT2D eigenvalue weighted by Gasteiger charge is 2.41. The minimum absolute atomic E-state index is 0.213. The molecule has 4 aromatic rings. The maximum atomic E-state index is 15.1. The fraction of sp³-hybridized carbons (Fsp3) is 0.250. The lowest BCUT2D eigenvalue weighted by Gasteiger charge is -2.21. The van der Waals surface area contributed by atoms with Crippen LogP contribution in [0.1, 0.15) is 49.3 Å². The lowest BCUT2D eigenvalue weighted by atomic mass is 9.99. The van der Waals surface area contributed by atoms with Gasteiger partial charge in [0.2, 0.25) is 0 Å². The van der Waals surface area contributed by atoms with Gasteiger partial charge in [0.15, 0.2) is 0 Å². The van der Waals surface area contributed by atoms with Crippen LogP contribution in [-0.4, -0.2) is 0 Å². The van der Waals surface area contributed by atoms with Crippen molar-refractivity contribution in [1.82, 2.24) is 0 Å². The van der Waals surface area contributed by atoms with Crippen LogP contribution in [-0.2, 0) is 18.7 Å². The summed E-state index contributed by atoms with van der Waals surface area (Å²) in [4.78, 5) is 0. The van der Waals surface area contributed by atoms with Gasteiger partial charge >= 0.3 is 12.3 Å². The number of aryl methyl sites for hydroxylation is 1. The fourth-order valence-electron chi connectivity index (χ4n) is 4.62. The SMILES string of the molecule is CCCCCCc1ccc(-c2cc(F)c(C(F)(F)Oc3cc(F)c(-c4ccc(C(F)(F)F)c(F)c4)c(F)c3)c(Cl)c2)cc1. The van der Waals surface area contributed by atoms with Crippen LogP contribution in [0.3, 0.4) is 0 Å². The van der Waals surface area contributed by atoms with Crippen molar-refractivity contribution in [2.24, 2.45) is 0 Å². The smallest absolute Gasteiger partial charge is 0.429 e. The van der Waals surface area contributed by atoms with Crippen molar-refractivity contribution >= 4 is 11.6 Å². The normalized spacial score (nSPS) is 12.1. The van der Waals surface area contributed by atoms with Crippen LogP contribution in [0.2, 0.25) is 5.02 Å². The zero-order valence-electron chi connectivity index (χ0n) is 22.6. The van der Waals surface area contributed by atoms with Crippen molar-refractivity contribution in [2.75, 3.05) is 0 Å². The van der Waals surface area contributed by atoms with E-state index in [1.807, 2.05) is 12.1 Å². The summed E-state index contributed by atoms with van der Waals surface area (Å²) < 4.78 is 132. The zero-order chi connectivity index (χ0) is 31.5. The molecule has 43 heavy (non-hydrogen) atoms. The Balaban J connectivity index is 1.56. The number of benzene rings is 4. The number of alkyl halides is 5. The maximum absolute atomic E-state index is 15.1. The van der Waals surface area contributed by atoms with Gasteiger partial charge in [0.25, 0.3) is 0 Å². The monoisotopic (exact) mass is 630 g/mol. The quantitative estimate of drug-likeness (QED) is 0.125. The van der Waals surface area contributed by atoms with Gasteiger partial charge in [0.05, 0.1) is 16.1 Å². The van der Waals surface area contributed by atoms with E-state index in [0.29, 0.717) is 29.8 Å². The van der Waals surface area contributed by atoms with E-state index in [-0.39, 0.29) is 11.6 Å². The second-order valence-electron chi connectivity index (χ2n) is 9.90. The van der Waals surface area contributed by atoms with Crippen molar-refractivity contribution in [3.8, 4) is 28.0 Å². The standard InChI is InChI=1S/C32H24ClF9O/c1-2-3-4-5-6-18-7-9-19(10-8-18)21-13-24(33)30(28(37)15-21)32(41,42)43-22-16-26(35)29(27(36)17-22)20-11-12-23(25(34)14-20)31(38,39)40/h7-17H,2-6H2,1H3. The topological polar surface area (TPSA) is 9.23 Å². The predicted octanol–water partition coefficient (Wildman–Crippen LogP) is 11.5. The van der Waals surface area contributed by atoms with Crippen LogP contribution in [0.5, 0.6) is 5.75 Å². The summed E-state index contributed by atoms with van der Waals surface area (Å²) in [5, 5.41) is -0.707. The fourth-order valence-corrected chi connectivity index (χ4v) is 4.94. The third-order valence-corrected chi connectivity index (χ3v) is 7.06. The molecule has 0 aliphatic heterocycles. The van der Waals surface area contributed by atoms with E-state index in [9.17, 15) is 26.3 Å². The van der Waals surface area contributed by atoms with E-state index in [1.165, 1.54) is 0 Å². The van der Waals surface area contributed by atoms with Crippen molar-refractivity contribution in [3.05, 3.63) is 112 Å². The molecular formula is C32H24ClF9O. The highest BCUT2D eigenvalue weighted by atomic mass is 35.5. The first-order valence-electron chi connectivity index (χ1n) is 13.2. The van der Waals surface area contributed by atoms with Gasteiger partial charge in [0.1, 0.15) is 34.6 Å². The van der Waals surface area contributed by atoms with Crippen molar-refractivity contribution in [3.63, 3.8) is 0 Å². The van der Waals surface area contributed by atoms with Gasteiger partial charge in [-0.05, 0) is 59.4 Å². The van der Waals surface area contributed by atoms with E-state index in [0.717, 1.165) is 49.8 Å². The number of rotatable bonds is 10. The van der Waals surface area contributed by atoms with Crippen LogP contribution in [0.25, 0.3) is 22.3 Å². The second-order valence-corrected chi connectivity index (χ2v) is 10.3. The Morgan fingerprint density at radius 1 is 0.651 bits per heavy atom. The molecule has 0 fully saturated rings. The van der Waals surface area contributed by atoms with Gasteiger partial charge in [0, 0.05) is 12.1 Å². The molecule has 0 heterocycles. The van der Waals surface area contributed by atoms with Gasteiger partial charge in [-0.2, -0.15) is 22.0 Å². The molecule has 0 spiro atoms. The molecule has 0 amide bonds. The van der Waals surface area contributed by atoms with Crippen molar-refractivity contribution < 1.29 is 44.3 Å². The maximum Gasteiger partial charge on any atom is 0.431 e. The third-order valence-electron chi connectivity index (χ3n) is 6.76. The zero-order valence-corrected chi connectivity index (χ0v) is 23.3. The predicted molar refractivity (Wildman–Crippen MR) is 146 cm³/mol. The molecular weight excluding hydrogens is 607 g/mol. The Bertz CT molecular complexity index is 1550. The van der Waals surface area contributed by atoms with Crippen LogP contribution >= 0.6 is 11.6 Å². The van der Waals surface area contributed by atoms with E-state index in [2.05, 4.69) is 11.7 Å². The number of halogens is 10. The summed E-state index contributed by atoms with van der Waals surface area (Å²) in [6.07, 6.45) is -4.32. The summed E-state index contributed by atoms with van der Waals surface area (Å²) in [5.41, 5.74) is -2.83. The molecule has 0 aliphatic carbocycles. The molecule has 0 radical (unpaired) electrons. The third kappa shape index (κ3) is 7.47. The molecule has 228 valence electrons. The Kier molecular flexibility index (Phi) is 9.69. The minimum atomic E-state index is -5.05. The van der Waals surface area contributed by atoms with Gasteiger partial charge < -0.3 is 4.74 Å². The van der Waals surface area contributed by atoms with Gasteiger partial charge in [-0.25, -0.2) is 17.6 Å². The molecule has 4 aromatic carbocycles. The minimum Gasteiger partial charge on any atom is -0.429 e. The molecule has 0 bridgehead atoms. The van der Waals surface area contributed by atoms with Crippen LogP contribution in [0.15, 0.2) is 66.7 Å². The summed E-state index contributed by atoms with van der Waals surface area (Å²) in [7, 11) is 0. The summed E-state index contributed by atoms with van der Waals surface area (Å²) in [6, 6.07) is 10.9. The second kappa shape index (κ2) is 12.9. The highest BCUT2D eigenvalue weighted by molar-refractivity contribution is 6.31. The molecule has 4 rings (SSSR count). The Morgan fingerprint density at radius 3 is 1.81 bits per heavy atom. The van der Waals surface area contributed by atoms with Gasteiger partial charge in [-0.3, -0.25) is 0 Å². The first kappa shape index (κ1) is 32.3. The first-order chi connectivity index (χ1) is 20.2. The molecule has 0 aliphatic rings. The highest BCUT2D eigenvalue weighted by Crippen LogP contribution is 2.41. The number of unbranched alkanes of at least 4 members (excludes halogenated alkanes) is 3. The molecule has 1 nitrogen and oxygen atoms in total. The lowest BCUT2D eigenvalue weighted by Crippen LogP contribution is -2.24. The van der Waals surface area contributed by atoms with Gasteiger partial charge in [-0.15, -0.1) is 0 Å². The molecule has 0 unspecified atom stereocenters. The molecule has 0 saturated carbocycles. The van der Waals surface area contributed by atoms with Crippen LogP contribution in [0, 0.1) is 23.3 Å². The van der Waals surface area contributed by atoms with E-state index < -0.39 is 68.6 Å². The largest absolute Gasteiger partial charge is 0.431 e. The summed E-state index contributed by atoms with van der Waals surface area (Å²) >= 11 is 6.03. The van der Waals surface area contributed by atoms with Gasteiger partial charge in [-0.1, -0.05) is 68.1 Å². The number of hydrogen-bond acceptors (Lipinski definition) is 1. The lowest BCUT2D eigenvalue weighted by molar-refractivity contribution is -0.187.